The third-order valence-corrected chi connectivity index (χ3v) is 3.97. The first-order valence-corrected chi connectivity index (χ1v) is 7.46. The van der Waals surface area contributed by atoms with Gasteiger partial charge in [-0.25, -0.2) is 0 Å². The molecule has 0 bridgehead atoms. The van der Waals surface area contributed by atoms with E-state index >= 15 is 0 Å². The molecule has 1 aliphatic heterocycles. The number of ether oxygens (including phenoxy) is 1. The molecule has 0 aliphatic carbocycles. The molecule has 0 unspecified atom stereocenters. The predicted molar refractivity (Wildman–Crippen MR) is 80.5 cm³/mol. The minimum Gasteiger partial charge on any atom is -0.378 e. The van der Waals surface area contributed by atoms with Gasteiger partial charge < -0.3 is 15.4 Å². The van der Waals surface area contributed by atoms with E-state index < -0.39 is 0 Å². The summed E-state index contributed by atoms with van der Waals surface area (Å²) in [5, 5.41) is 0. The second-order valence-electron chi connectivity index (χ2n) is 5.25. The Bertz CT molecular complexity index is 369. The van der Waals surface area contributed by atoms with Crippen molar-refractivity contribution in [3.8, 4) is 0 Å². The molecule has 1 aliphatic rings. The van der Waals surface area contributed by atoms with Crippen molar-refractivity contribution in [2.75, 3.05) is 24.6 Å². The zero-order valence-electron chi connectivity index (χ0n) is 12.1. The Balaban J connectivity index is 1.92. The van der Waals surface area contributed by atoms with E-state index in [0.717, 1.165) is 39.0 Å². The molecule has 2 rings (SSSR count). The van der Waals surface area contributed by atoms with E-state index in [1.165, 1.54) is 11.3 Å². The van der Waals surface area contributed by atoms with E-state index in [0.29, 0.717) is 6.10 Å². The maximum absolute atomic E-state index is 6.04. The normalized spacial score (nSPS) is 18.6. The van der Waals surface area contributed by atoms with Crippen molar-refractivity contribution >= 4 is 5.69 Å². The topological polar surface area (TPSA) is 38.5 Å². The van der Waals surface area contributed by atoms with Crippen molar-refractivity contribution in [1.29, 1.82) is 0 Å². The van der Waals surface area contributed by atoms with E-state index in [1.54, 1.807) is 0 Å². The maximum atomic E-state index is 6.04. The minimum absolute atomic E-state index is 0.165. The van der Waals surface area contributed by atoms with Crippen molar-refractivity contribution in [2.24, 2.45) is 5.73 Å². The van der Waals surface area contributed by atoms with Gasteiger partial charge in [-0.2, -0.15) is 0 Å². The van der Waals surface area contributed by atoms with Gasteiger partial charge in [-0.3, -0.25) is 0 Å². The molecule has 1 aromatic rings. The maximum Gasteiger partial charge on any atom is 0.0608 e. The third kappa shape index (κ3) is 3.71. The highest BCUT2D eigenvalue weighted by Gasteiger charge is 2.19. The van der Waals surface area contributed by atoms with Crippen molar-refractivity contribution in [3.05, 3.63) is 29.8 Å². The minimum atomic E-state index is 0.165. The molecular weight excluding hydrogens is 236 g/mol. The molecule has 0 aromatic heterocycles. The van der Waals surface area contributed by atoms with Gasteiger partial charge >= 0.3 is 0 Å². The third-order valence-electron chi connectivity index (χ3n) is 3.97. The molecule has 0 amide bonds. The number of hydrogen-bond acceptors (Lipinski definition) is 3. The lowest BCUT2D eigenvalue weighted by Crippen LogP contribution is -2.37. The fraction of sp³-hybridized carbons (Fsp3) is 0.625. The number of hydrogen-bond donors (Lipinski definition) is 1. The average molecular weight is 262 g/mol. The smallest absolute Gasteiger partial charge is 0.0608 e. The van der Waals surface area contributed by atoms with E-state index in [9.17, 15) is 0 Å². The van der Waals surface area contributed by atoms with Gasteiger partial charge in [0.25, 0.3) is 0 Å². The van der Waals surface area contributed by atoms with Gasteiger partial charge in [-0.15, -0.1) is 0 Å². The Morgan fingerprint density at radius 2 is 1.84 bits per heavy atom. The first-order chi connectivity index (χ1) is 9.24. The lowest BCUT2D eigenvalue weighted by atomic mass is 10.0. The fourth-order valence-corrected chi connectivity index (χ4v) is 2.68. The summed E-state index contributed by atoms with van der Waals surface area (Å²) in [5.74, 6) is 0. The molecule has 3 heteroatoms. The first-order valence-electron chi connectivity index (χ1n) is 7.46. The molecule has 1 aromatic carbocycles. The standard InChI is InChI=1S/C16H26N2O/c1-3-16(17)13-5-7-14(8-6-13)18-11-9-15(10-12-18)19-4-2/h5-8,15-16H,3-4,9-12,17H2,1-2H3/t16-/m0/s1. The fourth-order valence-electron chi connectivity index (χ4n) is 2.68. The Kier molecular flexibility index (Phi) is 5.23. The Labute approximate surface area is 116 Å². The number of piperidine rings is 1. The summed E-state index contributed by atoms with van der Waals surface area (Å²) in [7, 11) is 0. The first kappa shape index (κ1) is 14.4. The van der Waals surface area contributed by atoms with Gasteiger partial charge in [-0.05, 0) is 43.9 Å². The van der Waals surface area contributed by atoms with Crippen molar-refractivity contribution in [2.45, 2.75) is 45.3 Å². The highest BCUT2D eigenvalue weighted by molar-refractivity contribution is 5.48. The Morgan fingerprint density at radius 3 is 2.37 bits per heavy atom. The van der Waals surface area contributed by atoms with Crippen LogP contribution in [0.2, 0.25) is 0 Å². The number of benzene rings is 1. The summed E-state index contributed by atoms with van der Waals surface area (Å²) in [5.41, 5.74) is 8.58. The molecular formula is C16H26N2O. The van der Waals surface area contributed by atoms with Crippen LogP contribution in [0.15, 0.2) is 24.3 Å². The zero-order chi connectivity index (χ0) is 13.7. The molecule has 106 valence electrons. The SMILES string of the molecule is CCOC1CCN(c2ccc([C@@H](N)CC)cc2)CC1. The van der Waals surface area contributed by atoms with Gasteiger partial charge in [0.15, 0.2) is 0 Å². The summed E-state index contributed by atoms with van der Waals surface area (Å²) in [6, 6.07) is 8.89. The van der Waals surface area contributed by atoms with Crippen molar-refractivity contribution in [3.63, 3.8) is 0 Å². The van der Waals surface area contributed by atoms with Crippen LogP contribution in [0.4, 0.5) is 5.69 Å². The summed E-state index contributed by atoms with van der Waals surface area (Å²) >= 11 is 0. The second-order valence-corrected chi connectivity index (χ2v) is 5.25. The van der Waals surface area contributed by atoms with Crippen LogP contribution in [-0.2, 0) is 4.74 Å². The quantitative estimate of drug-likeness (QED) is 0.886. The lowest BCUT2D eigenvalue weighted by molar-refractivity contribution is 0.0459. The molecule has 1 fully saturated rings. The van der Waals surface area contributed by atoms with Crippen LogP contribution in [0.25, 0.3) is 0 Å². The summed E-state index contributed by atoms with van der Waals surface area (Å²) in [6.07, 6.45) is 3.70. The van der Waals surface area contributed by atoms with Gasteiger partial charge in [0.1, 0.15) is 0 Å². The highest BCUT2D eigenvalue weighted by Crippen LogP contribution is 2.23. The van der Waals surface area contributed by atoms with Crippen molar-refractivity contribution in [1.82, 2.24) is 0 Å². The molecule has 2 N–H and O–H groups in total. The van der Waals surface area contributed by atoms with Gasteiger partial charge in [0.05, 0.1) is 6.10 Å². The van der Waals surface area contributed by atoms with Crippen LogP contribution in [0.1, 0.15) is 44.7 Å². The van der Waals surface area contributed by atoms with E-state index in [-0.39, 0.29) is 6.04 Å². The molecule has 1 heterocycles. The van der Waals surface area contributed by atoms with Gasteiger partial charge in [0.2, 0.25) is 0 Å². The van der Waals surface area contributed by atoms with Gasteiger partial charge in [-0.1, -0.05) is 19.1 Å². The van der Waals surface area contributed by atoms with Crippen LogP contribution in [0.3, 0.4) is 0 Å². The van der Waals surface area contributed by atoms with Crippen LogP contribution in [0, 0.1) is 0 Å². The number of nitrogens with zero attached hydrogens (tertiary/aromatic N) is 1. The average Bonchev–Trinajstić information content (AvgIpc) is 2.48. The molecule has 0 spiro atoms. The molecule has 19 heavy (non-hydrogen) atoms. The molecule has 3 nitrogen and oxygen atoms in total. The van der Waals surface area contributed by atoms with E-state index in [1.807, 2.05) is 0 Å². The zero-order valence-corrected chi connectivity index (χ0v) is 12.1. The van der Waals surface area contributed by atoms with Crippen LogP contribution in [0.5, 0.6) is 0 Å². The Hall–Kier alpha value is -1.06. The number of anilines is 1. The second kappa shape index (κ2) is 6.92. The Morgan fingerprint density at radius 1 is 1.21 bits per heavy atom. The summed E-state index contributed by atoms with van der Waals surface area (Å²) in [4.78, 5) is 2.44. The molecule has 1 saturated heterocycles. The van der Waals surface area contributed by atoms with Crippen molar-refractivity contribution < 1.29 is 4.74 Å². The predicted octanol–water partition coefficient (Wildman–Crippen LogP) is 3.10. The number of nitrogens with two attached hydrogens (primary N) is 1. The van der Waals surface area contributed by atoms with Crippen LogP contribution in [-0.4, -0.2) is 25.8 Å². The molecule has 0 radical (unpaired) electrons. The largest absolute Gasteiger partial charge is 0.378 e. The van der Waals surface area contributed by atoms with Crippen LogP contribution >= 0.6 is 0 Å². The highest BCUT2D eigenvalue weighted by atomic mass is 16.5. The van der Waals surface area contributed by atoms with E-state index in [2.05, 4.69) is 43.0 Å². The van der Waals surface area contributed by atoms with Gasteiger partial charge in [0, 0.05) is 31.4 Å². The van der Waals surface area contributed by atoms with E-state index in [4.69, 9.17) is 10.5 Å². The lowest BCUT2D eigenvalue weighted by Gasteiger charge is -2.33. The summed E-state index contributed by atoms with van der Waals surface area (Å²) < 4.78 is 5.69. The summed E-state index contributed by atoms with van der Waals surface area (Å²) in [6.45, 7) is 7.20. The van der Waals surface area contributed by atoms with Crippen LogP contribution < -0.4 is 10.6 Å². The molecule has 1 atom stereocenters. The molecule has 0 saturated carbocycles. The monoisotopic (exact) mass is 262 g/mol. The number of rotatable bonds is 5.